The first-order valence-corrected chi connectivity index (χ1v) is 8.48. The molecule has 130 valence electrons. The Balaban J connectivity index is 1.88. The van der Waals surface area contributed by atoms with Gasteiger partial charge in [0.05, 0.1) is 12.5 Å². The number of carboxylic acid groups (broad SMARTS) is 1. The van der Waals surface area contributed by atoms with Crippen LogP contribution in [0.15, 0.2) is 60.7 Å². The van der Waals surface area contributed by atoms with Crippen molar-refractivity contribution < 1.29 is 14.7 Å². The van der Waals surface area contributed by atoms with E-state index in [0.29, 0.717) is 19.6 Å². The first-order chi connectivity index (χ1) is 12.1. The average Bonchev–Trinajstić information content (AvgIpc) is 2.63. The number of piperazine rings is 1. The maximum atomic E-state index is 12.2. The van der Waals surface area contributed by atoms with Gasteiger partial charge in [-0.3, -0.25) is 14.5 Å². The molecule has 1 amide bonds. The summed E-state index contributed by atoms with van der Waals surface area (Å²) in [6.45, 7) is 1.81. The maximum Gasteiger partial charge on any atom is 0.305 e. The highest BCUT2D eigenvalue weighted by Crippen LogP contribution is 2.27. The van der Waals surface area contributed by atoms with Gasteiger partial charge < -0.3 is 10.4 Å². The molecule has 1 unspecified atom stereocenters. The molecule has 1 fully saturated rings. The van der Waals surface area contributed by atoms with Crippen molar-refractivity contribution in [2.45, 2.75) is 18.4 Å². The molecular formula is C20H22N2O3. The molecule has 5 nitrogen and oxygen atoms in total. The molecule has 0 saturated carbocycles. The second-order valence-corrected chi connectivity index (χ2v) is 6.27. The Hall–Kier alpha value is -2.66. The van der Waals surface area contributed by atoms with Crippen molar-refractivity contribution >= 4 is 11.9 Å². The van der Waals surface area contributed by atoms with E-state index in [1.165, 1.54) is 0 Å². The lowest BCUT2D eigenvalue weighted by Gasteiger charge is -2.36. The molecule has 2 N–H and O–H groups in total. The van der Waals surface area contributed by atoms with Gasteiger partial charge in [0, 0.05) is 25.6 Å². The van der Waals surface area contributed by atoms with Crippen molar-refractivity contribution in [1.29, 1.82) is 0 Å². The van der Waals surface area contributed by atoms with Crippen molar-refractivity contribution in [1.82, 2.24) is 10.2 Å². The molecule has 1 aliphatic heterocycles. The van der Waals surface area contributed by atoms with Gasteiger partial charge in [-0.1, -0.05) is 60.7 Å². The number of benzene rings is 2. The first-order valence-electron chi connectivity index (χ1n) is 8.48. The average molecular weight is 338 g/mol. The molecular weight excluding hydrogens is 316 g/mol. The van der Waals surface area contributed by atoms with Crippen LogP contribution in [-0.4, -0.2) is 47.6 Å². The van der Waals surface area contributed by atoms with E-state index in [9.17, 15) is 9.59 Å². The number of nitrogens with one attached hydrogen (secondary N) is 1. The van der Waals surface area contributed by atoms with Crippen molar-refractivity contribution in [3.8, 4) is 0 Å². The Labute approximate surface area is 147 Å². The van der Waals surface area contributed by atoms with E-state index in [2.05, 4.69) is 29.6 Å². The van der Waals surface area contributed by atoms with E-state index in [1.54, 1.807) is 0 Å². The zero-order valence-corrected chi connectivity index (χ0v) is 14.0. The summed E-state index contributed by atoms with van der Waals surface area (Å²) in [6.07, 6.45) is -0.178. The molecule has 1 heterocycles. The topological polar surface area (TPSA) is 69.6 Å². The fourth-order valence-corrected chi connectivity index (χ4v) is 3.38. The standard InChI is InChI=1S/C20H22N2O3/c23-19(24)13-18-20(25)21-11-12-22(18)14-17(15-7-3-1-4-8-15)16-9-5-2-6-10-16/h1-10,17-18H,11-14H2,(H,21,25)(H,23,24). The van der Waals surface area contributed by atoms with E-state index in [4.69, 9.17) is 5.11 Å². The van der Waals surface area contributed by atoms with Crippen LogP contribution < -0.4 is 5.32 Å². The Morgan fingerprint density at radius 1 is 1.08 bits per heavy atom. The van der Waals surface area contributed by atoms with Gasteiger partial charge in [0.15, 0.2) is 0 Å². The highest BCUT2D eigenvalue weighted by molar-refractivity contribution is 5.86. The van der Waals surface area contributed by atoms with Crippen LogP contribution in [0.5, 0.6) is 0 Å². The molecule has 1 atom stereocenters. The van der Waals surface area contributed by atoms with Crippen LogP contribution in [-0.2, 0) is 9.59 Å². The van der Waals surface area contributed by atoms with Crippen LogP contribution in [0.1, 0.15) is 23.5 Å². The summed E-state index contributed by atoms with van der Waals surface area (Å²) in [5, 5.41) is 11.9. The van der Waals surface area contributed by atoms with E-state index in [-0.39, 0.29) is 18.2 Å². The molecule has 0 aliphatic carbocycles. The van der Waals surface area contributed by atoms with Crippen molar-refractivity contribution in [2.75, 3.05) is 19.6 Å². The van der Waals surface area contributed by atoms with Gasteiger partial charge in [-0.15, -0.1) is 0 Å². The minimum absolute atomic E-state index is 0.0876. The largest absolute Gasteiger partial charge is 0.481 e. The molecule has 0 radical (unpaired) electrons. The Morgan fingerprint density at radius 2 is 1.64 bits per heavy atom. The van der Waals surface area contributed by atoms with E-state index in [1.807, 2.05) is 41.3 Å². The molecule has 0 bridgehead atoms. The number of amides is 1. The lowest BCUT2D eigenvalue weighted by molar-refractivity contribution is -0.143. The summed E-state index contributed by atoms with van der Waals surface area (Å²) in [4.78, 5) is 25.4. The predicted molar refractivity (Wildman–Crippen MR) is 95.4 cm³/mol. The van der Waals surface area contributed by atoms with E-state index >= 15 is 0 Å². The summed E-state index contributed by atoms with van der Waals surface area (Å²) in [5.41, 5.74) is 2.32. The third-order valence-corrected chi connectivity index (χ3v) is 4.63. The summed E-state index contributed by atoms with van der Waals surface area (Å²) in [5.74, 6) is -1.07. The van der Waals surface area contributed by atoms with Crippen molar-refractivity contribution in [3.05, 3.63) is 71.8 Å². The van der Waals surface area contributed by atoms with Crippen LogP contribution in [0, 0.1) is 0 Å². The van der Waals surface area contributed by atoms with E-state index in [0.717, 1.165) is 11.1 Å². The zero-order chi connectivity index (χ0) is 17.6. The summed E-state index contributed by atoms with van der Waals surface area (Å²) in [6, 6.07) is 19.7. The normalized spacial score (nSPS) is 18.1. The van der Waals surface area contributed by atoms with Gasteiger partial charge in [0.25, 0.3) is 0 Å². The molecule has 1 saturated heterocycles. The number of carboxylic acids is 1. The van der Waals surface area contributed by atoms with E-state index < -0.39 is 12.0 Å². The predicted octanol–water partition coefficient (Wildman–Crippen LogP) is 2.09. The number of hydrogen-bond donors (Lipinski definition) is 2. The molecule has 2 aromatic rings. The Morgan fingerprint density at radius 3 is 2.16 bits per heavy atom. The number of carbonyl (C=O) groups excluding carboxylic acids is 1. The zero-order valence-electron chi connectivity index (χ0n) is 14.0. The number of nitrogens with zero attached hydrogens (tertiary/aromatic N) is 1. The number of rotatable bonds is 6. The van der Waals surface area contributed by atoms with Gasteiger partial charge in [0.1, 0.15) is 0 Å². The van der Waals surface area contributed by atoms with Gasteiger partial charge >= 0.3 is 5.97 Å². The molecule has 1 aliphatic rings. The SMILES string of the molecule is O=C(O)CC1C(=O)NCCN1CC(c1ccccc1)c1ccccc1. The van der Waals surface area contributed by atoms with Crippen LogP contribution >= 0.6 is 0 Å². The van der Waals surface area contributed by atoms with Crippen LogP contribution in [0.2, 0.25) is 0 Å². The molecule has 0 aromatic heterocycles. The number of hydrogen-bond acceptors (Lipinski definition) is 3. The van der Waals surface area contributed by atoms with Crippen LogP contribution in [0.25, 0.3) is 0 Å². The van der Waals surface area contributed by atoms with Gasteiger partial charge in [-0.2, -0.15) is 0 Å². The lowest BCUT2D eigenvalue weighted by Crippen LogP contribution is -2.56. The van der Waals surface area contributed by atoms with Crippen molar-refractivity contribution in [2.24, 2.45) is 0 Å². The summed E-state index contributed by atoms with van der Waals surface area (Å²) in [7, 11) is 0. The second kappa shape index (κ2) is 7.94. The molecule has 3 rings (SSSR count). The first kappa shape index (κ1) is 17.2. The maximum absolute atomic E-state index is 12.2. The lowest BCUT2D eigenvalue weighted by atomic mass is 9.90. The fourth-order valence-electron chi connectivity index (χ4n) is 3.38. The summed E-state index contributed by atoms with van der Waals surface area (Å²) >= 11 is 0. The minimum atomic E-state index is -0.956. The van der Waals surface area contributed by atoms with Crippen molar-refractivity contribution in [3.63, 3.8) is 0 Å². The highest BCUT2D eigenvalue weighted by Gasteiger charge is 2.33. The Bertz CT molecular complexity index is 679. The molecule has 2 aromatic carbocycles. The second-order valence-electron chi connectivity index (χ2n) is 6.27. The molecule has 5 heteroatoms. The monoisotopic (exact) mass is 338 g/mol. The number of aliphatic carboxylic acids is 1. The van der Waals surface area contributed by atoms with Gasteiger partial charge in [-0.05, 0) is 11.1 Å². The third-order valence-electron chi connectivity index (χ3n) is 4.63. The minimum Gasteiger partial charge on any atom is -0.481 e. The van der Waals surface area contributed by atoms with Crippen LogP contribution in [0.4, 0.5) is 0 Å². The fraction of sp³-hybridized carbons (Fsp3) is 0.300. The Kier molecular flexibility index (Phi) is 5.46. The smallest absolute Gasteiger partial charge is 0.305 e. The quantitative estimate of drug-likeness (QED) is 0.846. The van der Waals surface area contributed by atoms with Gasteiger partial charge in [0.2, 0.25) is 5.91 Å². The van der Waals surface area contributed by atoms with Crippen LogP contribution in [0.3, 0.4) is 0 Å². The third kappa shape index (κ3) is 4.25. The number of carbonyl (C=O) groups is 2. The summed E-state index contributed by atoms with van der Waals surface area (Å²) < 4.78 is 0. The highest BCUT2D eigenvalue weighted by atomic mass is 16.4. The molecule has 0 spiro atoms. The van der Waals surface area contributed by atoms with Gasteiger partial charge in [-0.25, -0.2) is 0 Å². The molecule has 25 heavy (non-hydrogen) atoms.